The Morgan fingerprint density at radius 1 is 0.438 bits per heavy atom. The van der Waals surface area contributed by atoms with Crippen molar-refractivity contribution in [1.82, 2.24) is 54.2 Å². The Balaban J connectivity index is 0.000000145. The number of aromatic carboxylic acids is 1. The fraction of sp³-hybridized carbons (Fsp3) is 0.345. The zero-order valence-electron chi connectivity index (χ0n) is 68.7. The monoisotopic (exact) mass is 1850 g/mol. The number of hydrogen-bond donors (Lipinski definition) is 7. The molecule has 9 heterocycles. The lowest BCUT2D eigenvalue weighted by atomic mass is 9.85. The number of fused-ring (bicyclic) bond motifs is 6. The van der Waals surface area contributed by atoms with Crippen molar-refractivity contribution in [3.05, 3.63) is 232 Å². The molecule has 18 rings (SSSR count). The van der Waals surface area contributed by atoms with Crippen molar-refractivity contribution in [1.29, 1.82) is 0 Å². The normalized spacial score (nSPS) is 16.5. The van der Waals surface area contributed by atoms with E-state index in [1.165, 1.54) is 93.1 Å². The summed E-state index contributed by atoms with van der Waals surface area (Å²) in [4.78, 5) is 64.5. The fourth-order valence-electron chi connectivity index (χ4n) is 15.1. The van der Waals surface area contributed by atoms with Gasteiger partial charge >= 0.3 is 24.9 Å². The van der Waals surface area contributed by atoms with Crippen LogP contribution in [0.3, 0.4) is 0 Å². The molecule has 6 aliphatic rings. The Kier molecular flexibility index (Phi) is 26.9. The van der Waals surface area contributed by atoms with Gasteiger partial charge in [-0.1, -0.05) is 76.4 Å². The number of amides is 2. The van der Waals surface area contributed by atoms with Gasteiger partial charge in [-0.05, 0) is 148 Å². The Labute approximate surface area is 734 Å². The van der Waals surface area contributed by atoms with Gasteiger partial charge in [-0.2, -0.15) is 0 Å². The maximum atomic E-state index is 13.8. The maximum Gasteiger partial charge on any atom is 0.586 e. The zero-order chi connectivity index (χ0) is 90.2. The van der Waals surface area contributed by atoms with Gasteiger partial charge in [0.1, 0.15) is 17.5 Å². The minimum Gasteiger partial charge on any atom is -0.478 e. The zero-order valence-corrected chi connectivity index (χ0v) is 72.0. The predicted molar refractivity (Wildman–Crippen MR) is 453 cm³/mol. The number of hydrogen-bond acceptors (Lipinski definition) is 25. The van der Waals surface area contributed by atoms with E-state index >= 15 is 0 Å². The summed E-state index contributed by atoms with van der Waals surface area (Å²) in [5.41, 5.74) is 12.9. The molecule has 41 heteroatoms. The SMILES string of the molecule is CCS(=O)(=O)c1ccc([C@@H](CO)NC(=O)c2ccc3c(c2)nc(C2CCC2)n3Cc2cccc3c2OC(F)(F)O3)nc1.CCS(=O)(=O)c1ccc([C@@H](N)CO)nc1.CCS(=O)(=O)c1ccc([C@H](CO)NC(=O)c2ccc3c(c2)nc(C2CCC2)n3Cc2cccc3c2OC(F)(F)O3)nc1.Cl.O=C(O)c1ccc2c(c1)nc(C1CCC1)n2Cc1cccc2c1OC(F)(F)O2. The molecule has 0 radical (unpaired) electrons. The lowest BCUT2D eigenvalue weighted by molar-refractivity contribution is -0.287. The first-order chi connectivity index (χ1) is 60.6. The molecule has 6 aromatic carbocycles. The van der Waals surface area contributed by atoms with Crippen LogP contribution in [0.4, 0.5) is 26.3 Å². The summed E-state index contributed by atoms with van der Waals surface area (Å²) in [7, 11) is -10.1. The van der Waals surface area contributed by atoms with Gasteiger partial charge < -0.3 is 78.9 Å². The van der Waals surface area contributed by atoms with Crippen molar-refractivity contribution in [3.63, 3.8) is 0 Å². The van der Waals surface area contributed by atoms with E-state index in [1.807, 2.05) is 13.7 Å². The van der Waals surface area contributed by atoms with Crippen molar-refractivity contribution in [2.24, 2.45) is 5.73 Å². The Morgan fingerprint density at radius 2 is 0.742 bits per heavy atom. The molecule has 12 aromatic rings. The van der Waals surface area contributed by atoms with Crippen molar-refractivity contribution in [3.8, 4) is 34.5 Å². The molecule has 0 bridgehead atoms. The second-order valence-corrected chi connectivity index (χ2v) is 37.7. The molecular formula is C87H87ClF6N12O19S3. The number of benzene rings is 6. The fourth-order valence-corrected chi connectivity index (χ4v) is 17.6. The molecule has 3 aliphatic heterocycles. The van der Waals surface area contributed by atoms with E-state index in [0.29, 0.717) is 61.4 Å². The van der Waals surface area contributed by atoms with E-state index in [2.05, 4.69) is 44.8 Å². The molecule has 31 nitrogen and oxygen atoms in total. The van der Waals surface area contributed by atoms with Crippen LogP contribution in [-0.2, 0) is 49.1 Å². The quantitative estimate of drug-likeness (QED) is 0.0248. The summed E-state index contributed by atoms with van der Waals surface area (Å²) in [6.45, 7) is 4.24. The minimum atomic E-state index is -3.73. The molecular weight excluding hydrogens is 1760 g/mol. The molecule has 0 saturated heterocycles. The number of nitrogens with zero attached hydrogens (tertiary/aromatic N) is 9. The number of rotatable bonds is 26. The van der Waals surface area contributed by atoms with Crippen LogP contribution < -0.4 is 44.8 Å². The molecule has 8 N–H and O–H groups in total. The number of pyridine rings is 3. The maximum absolute atomic E-state index is 13.8. The average Bonchev–Trinajstić information content (AvgIpc) is 1.61. The number of alkyl halides is 6. The molecule has 6 aromatic heterocycles. The van der Waals surface area contributed by atoms with Crippen molar-refractivity contribution >= 4 is 92.8 Å². The number of carbonyl (C=O) groups is 3. The van der Waals surface area contributed by atoms with Gasteiger partial charge in [0.2, 0.25) is 0 Å². The van der Waals surface area contributed by atoms with Gasteiger partial charge in [-0.15, -0.1) is 38.7 Å². The predicted octanol–water partition coefficient (Wildman–Crippen LogP) is 13.3. The van der Waals surface area contributed by atoms with E-state index < -0.39 is 97.5 Å². The second-order valence-electron chi connectivity index (χ2n) is 30.9. The van der Waals surface area contributed by atoms with Gasteiger partial charge in [-0.3, -0.25) is 24.5 Å². The van der Waals surface area contributed by atoms with Gasteiger partial charge in [0.05, 0.1) is 145 Å². The van der Waals surface area contributed by atoms with Gasteiger partial charge in [0, 0.05) is 64.2 Å². The molecule has 3 saturated carbocycles. The number of imidazole rings is 3. The summed E-state index contributed by atoms with van der Waals surface area (Å²) in [5.74, 6) is 1.01. The smallest absolute Gasteiger partial charge is 0.478 e. The van der Waals surface area contributed by atoms with Crippen molar-refractivity contribution < 1.29 is 115 Å². The number of aliphatic hydroxyl groups excluding tert-OH is 3. The number of aliphatic hydroxyl groups is 3. The van der Waals surface area contributed by atoms with Gasteiger partial charge in [0.25, 0.3) is 11.8 Å². The average molecular weight is 1850 g/mol. The minimum absolute atomic E-state index is 0. The highest BCUT2D eigenvalue weighted by atomic mass is 35.5. The number of sulfone groups is 3. The van der Waals surface area contributed by atoms with Crippen LogP contribution in [0.25, 0.3) is 33.1 Å². The number of carboxylic acid groups (broad SMARTS) is 1. The highest BCUT2D eigenvalue weighted by molar-refractivity contribution is 7.92. The topological polar surface area (TPSA) is 432 Å². The first-order valence-electron chi connectivity index (χ1n) is 40.7. The van der Waals surface area contributed by atoms with E-state index in [0.717, 1.165) is 91.8 Å². The molecule has 2 amide bonds. The van der Waals surface area contributed by atoms with Crippen LogP contribution in [-0.4, -0.2) is 163 Å². The number of aromatic nitrogens is 9. The Bertz CT molecular complexity index is 6280. The number of para-hydroxylation sites is 3. The molecule has 3 atom stereocenters. The van der Waals surface area contributed by atoms with Crippen molar-refractivity contribution in [2.45, 2.75) is 168 Å². The number of nitrogens with two attached hydrogens (primary N) is 1. The highest BCUT2D eigenvalue weighted by Gasteiger charge is 2.47. The molecule has 0 spiro atoms. The van der Waals surface area contributed by atoms with Crippen LogP contribution in [0.15, 0.2) is 179 Å². The lowest BCUT2D eigenvalue weighted by Crippen LogP contribution is -2.31. The Hall–Kier alpha value is -12.1. The van der Waals surface area contributed by atoms with Crippen molar-refractivity contribution in [2.75, 3.05) is 37.1 Å². The number of nitrogens with one attached hydrogen (secondary N) is 2. The lowest BCUT2D eigenvalue weighted by Gasteiger charge is -2.25. The summed E-state index contributed by atoms with van der Waals surface area (Å²) < 4.78 is 187. The van der Waals surface area contributed by atoms with Crippen LogP contribution in [0, 0.1) is 0 Å². The van der Waals surface area contributed by atoms with E-state index in [1.54, 1.807) is 91.9 Å². The van der Waals surface area contributed by atoms with Gasteiger partial charge in [0.15, 0.2) is 64.0 Å². The number of carbonyl (C=O) groups excluding carboxylic acids is 2. The number of halogens is 7. The summed E-state index contributed by atoms with van der Waals surface area (Å²) in [6, 6.07) is 35.6. The van der Waals surface area contributed by atoms with E-state index in [-0.39, 0.29) is 128 Å². The third-order valence-corrected chi connectivity index (χ3v) is 28.0. The van der Waals surface area contributed by atoms with Crippen LogP contribution >= 0.6 is 12.4 Å². The second kappa shape index (κ2) is 37.3. The molecule has 128 heavy (non-hydrogen) atoms. The van der Waals surface area contributed by atoms with Crippen LogP contribution in [0.2, 0.25) is 0 Å². The first kappa shape index (κ1) is 92.1. The standard InChI is InChI=1S/2C29H28F2N4O6S.C20H16F2N2O4.C9H14N2O3S.ClH/c2*1-2-42(38,39)20-10-11-21(32-14-20)23(16-36)34-28(37)18-9-12-24-22(13-18)33-27(17-5-3-6-17)35(24)15-19-7-4-8-25-26(19)41-29(30,31)40-25;21-20(22)27-16-6-2-5-13(17(16)28-20)10-24-15-8-7-12(19(25)26)9-14(15)23-18(24)11-3-1-4-11;1-2-15(13,14)7-3-4-9(11-5-7)8(10)6-12;/h2*4,7-14,17,23,36H,2-3,5-6,15-16H2,1H3,(H,34,37);2,5-9,11H,1,3-4,10H2,(H,25,26);3-5,8,12H,2,6,10H2,1H3;1H/t2*23-;;8-;/m10.0./s1. The summed E-state index contributed by atoms with van der Waals surface area (Å²) >= 11 is 0. The molecule has 0 unspecified atom stereocenters. The summed E-state index contributed by atoms with van der Waals surface area (Å²) in [6.07, 6.45) is 1.58. The largest absolute Gasteiger partial charge is 0.586 e. The summed E-state index contributed by atoms with van der Waals surface area (Å²) in [5, 5.41) is 43.4. The third-order valence-electron chi connectivity index (χ3n) is 22.8. The first-order valence-corrected chi connectivity index (χ1v) is 45.7. The van der Waals surface area contributed by atoms with Crippen LogP contribution in [0.1, 0.15) is 197 Å². The van der Waals surface area contributed by atoms with E-state index in [9.17, 15) is 81.3 Å². The number of ether oxygens (including phenoxy) is 6. The molecule has 3 fully saturated rings. The van der Waals surface area contributed by atoms with E-state index in [4.69, 9.17) is 35.0 Å². The third kappa shape index (κ3) is 19.7. The molecule has 3 aliphatic carbocycles. The van der Waals surface area contributed by atoms with Crippen LogP contribution in [0.5, 0.6) is 34.5 Å². The number of carboxylic acids is 1. The highest BCUT2D eigenvalue weighted by Crippen LogP contribution is 2.49. The molecule has 676 valence electrons. The Morgan fingerprint density at radius 3 is 1.01 bits per heavy atom. The van der Waals surface area contributed by atoms with Gasteiger partial charge in [-0.25, -0.2) is 45.0 Å².